The van der Waals surface area contributed by atoms with E-state index in [-0.39, 0.29) is 16.9 Å². The molecule has 8 heteroatoms. The van der Waals surface area contributed by atoms with Gasteiger partial charge in [-0.25, -0.2) is 17.8 Å². The minimum absolute atomic E-state index is 0.00509. The molecular formula is C25H34FN3O3S. The standard InChI is InChI=1S/C25H34FN3O3S/c1-17(19-8-11-21(20(26)16-19)28-33(5,31)32)22(30)12-9-18-10-13-23(25(2,3)4)27-24(18)29-14-6-7-15-29/h8,10-11,13,16-17,28H,6-7,9,12,14-15H2,1-5H3. The summed E-state index contributed by atoms with van der Waals surface area (Å²) in [4.78, 5) is 20.2. The molecule has 0 aliphatic carbocycles. The van der Waals surface area contributed by atoms with Gasteiger partial charge in [-0.05, 0) is 48.6 Å². The van der Waals surface area contributed by atoms with Crippen molar-refractivity contribution in [3.63, 3.8) is 0 Å². The lowest BCUT2D eigenvalue weighted by Gasteiger charge is -2.25. The number of carbonyl (C=O) groups excluding carboxylic acids is 1. The third-order valence-electron chi connectivity index (χ3n) is 6.04. The number of nitrogens with one attached hydrogen (secondary N) is 1. The van der Waals surface area contributed by atoms with Gasteiger partial charge in [0.2, 0.25) is 10.0 Å². The quantitative estimate of drug-likeness (QED) is 0.594. The van der Waals surface area contributed by atoms with E-state index < -0.39 is 21.8 Å². The van der Waals surface area contributed by atoms with Gasteiger partial charge in [0.15, 0.2) is 0 Å². The van der Waals surface area contributed by atoms with Crippen LogP contribution < -0.4 is 9.62 Å². The molecule has 1 unspecified atom stereocenters. The molecule has 0 saturated carbocycles. The first-order chi connectivity index (χ1) is 15.3. The van der Waals surface area contributed by atoms with E-state index in [0.29, 0.717) is 18.4 Å². The topological polar surface area (TPSA) is 79.4 Å². The number of sulfonamides is 1. The number of Topliss-reactive ketones (excluding diaryl/α,β-unsaturated/α-hetero) is 1. The van der Waals surface area contributed by atoms with E-state index in [4.69, 9.17) is 4.98 Å². The maximum atomic E-state index is 14.4. The molecule has 1 saturated heterocycles. The fraction of sp³-hybridized carbons (Fsp3) is 0.520. The van der Waals surface area contributed by atoms with Crippen molar-refractivity contribution >= 4 is 27.3 Å². The summed E-state index contributed by atoms with van der Waals surface area (Å²) in [5, 5.41) is 0. The van der Waals surface area contributed by atoms with Gasteiger partial charge in [0.1, 0.15) is 17.4 Å². The predicted molar refractivity (Wildman–Crippen MR) is 131 cm³/mol. The van der Waals surface area contributed by atoms with E-state index in [0.717, 1.165) is 49.3 Å². The fourth-order valence-electron chi connectivity index (χ4n) is 4.04. The Balaban J connectivity index is 1.74. The number of rotatable bonds is 8. The molecule has 0 bridgehead atoms. The fourth-order valence-corrected chi connectivity index (χ4v) is 4.60. The largest absolute Gasteiger partial charge is 0.356 e. The molecule has 1 atom stereocenters. The summed E-state index contributed by atoms with van der Waals surface area (Å²) in [6, 6.07) is 8.31. The van der Waals surface area contributed by atoms with E-state index in [1.165, 1.54) is 12.1 Å². The lowest BCUT2D eigenvalue weighted by Crippen LogP contribution is -2.24. The molecule has 180 valence electrons. The lowest BCUT2D eigenvalue weighted by molar-refractivity contribution is -0.120. The number of anilines is 2. The van der Waals surface area contributed by atoms with Crippen molar-refractivity contribution in [2.75, 3.05) is 29.0 Å². The highest BCUT2D eigenvalue weighted by atomic mass is 32.2. The second kappa shape index (κ2) is 9.79. The number of ketones is 1. The number of hydrogen-bond acceptors (Lipinski definition) is 5. The number of aryl methyl sites for hydroxylation is 1. The van der Waals surface area contributed by atoms with Gasteiger partial charge in [-0.2, -0.15) is 0 Å². The van der Waals surface area contributed by atoms with Crippen LogP contribution in [0.5, 0.6) is 0 Å². The van der Waals surface area contributed by atoms with Crippen LogP contribution in [0, 0.1) is 5.82 Å². The number of halogens is 1. The highest BCUT2D eigenvalue weighted by molar-refractivity contribution is 7.92. The summed E-state index contributed by atoms with van der Waals surface area (Å²) < 4.78 is 39.2. The minimum Gasteiger partial charge on any atom is -0.356 e. The minimum atomic E-state index is -3.58. The zero-order valence-corrected chi connectivity index (χ0v) is 20.9. The summed E-state index contributed by atoms with van der Waals surface area (Å²) in [6.07, 6.45) is 4.15. The van der Waals surface area contributed by atoms with Crippen LogP contribution in [-0.2, 0) is 26.7 Å². The monoisotopic (exact) mass is 475 g/mol. The maximum absolute atomic E-state index is 14.4. The first-order valence-corrected chi connectivity index (χ1v) is 13.3. The van der Waals surface area contributed by atoms with Crippen molar-refractivity contribution < 1.29 is 17.6 Å². The lowest BCUT2D eigenvalue weighted by atomic mass is 9.90. The van der Waals surface area contributed by atoms with Crippen molar-refractivity contribution in [2.45, 2.75) is 64.7 Å². The highest BCUT2D eigenvalue weighted by Crippen LogP contribution is 2.30. The maximum Gasteiger partial charge on any atom is 0.229 e. The average molecular weight is 476 g/mol. The third-order valence-corrected chi connectivity index (χ3v) is 6.63. The summed E-state index contributed by atoms with van der Waals surface area (Å²) in [5.74, 6) is -0.215. The van der Waals surface area contributed by atoms with Gasteiger partial charge in [0.05, 0.1) is 11.9 Å². The van der Waals surface area contributed by atoms with Crippen molar-refractivity contribution in [2.24, 2.45) is 0 Å². The second-order valence-electron chi connectivity index (χ2n) is 9.92. The Hall–Kier alpha value is -2.48. The Morgan fingerprint density at radius 2 is 1.85 bits per heavy atom. The predicted octanol–water partition coefficient (Wildman–Crippen LogP) is 4.80. The Kier molecular flexibility index (Phi) is 7.46. The normalized spacial score (nSPS) is 15.5. The number of pyridine rings is 1. The van der Waals surface area contributed by atoms with Gasteiger partial charge in [0.25, 0.3) is 0 Å². The molecule has 1 aliphatic rings. The number of hydrogen-bond donors (Lipinski definition) is 1. The van der Waals surface area contributed by atoms with Crippen LogP contribution in [0.25, 0.3) is 0 Å². The zero-order valence-electron chi connectivity index (χ0n) is 20.1. The molecule has 3 rings (SSSR count). The number of carbonyl (C=O) groups is 1. The molecule has 1 aromatic heterocycles. The molecule has 2 heterocycles. The molecule has 1 aliphatic heterocycles. The van der Waals surface area contributed by atoms with Crippen molar-refractivity contribution in [3.05, 3.63) is 53.0 Å². The SMILES string of the molecule is CC(C(=O)CCc1ccc(C(C)(C)C)nc1N1CCCC1)c1ccc(NS(C)(=O)=O)c(F)c1. The van der Waals surface area contributed by atoms with Gasteiger partial charge >= 0.3 is 0 Å². The summed E-state index contributed by atoms with van der Waals surface area (Å²) in [7, 11) is -3.58. The summed E-state index contributed by atoms with van der Waals surface area (Å²) >= 11 is 0. The van der Waals surface area contributed by atoms with Crippen LogP contribution in [0.4, 0.5) is 15.9 Å². The second-order valence-corrected chi connectivity index (χ2v) is 11.7. The molecular weight excluding hydrogens is 441 g/mol. The molecule has 1 fully saturated rings. The van der Waals surface area contributed by atoms with E-state index >= 15 is 0 Å². The Morgan fingerprint density at radius 1 is 1.18 bits per heavy atom. The third kappa shape index (κ3) is 6.53. The van der Waals surface area contributed by atoms with Crippen molar-refractivity contribution in [1.82, 2.24) is 4.98 Å². The van der Waals surface area contributed by atoms with Crippen LogP contribution in [0.1, 0.15) is 69.7 Å². The number of aromatic nitrogens is 1. The van der Waals surface area contributed by atoms with E-state index in [9.17, 15) is 17.6 Å². The molecule has 0 amide bonds. The van der Waals surface area contributed by atoms with Crippen LogP contribution in [-0.4, -0.2) is 38.5 Å². The van der Waals surface area contributed by atoms with E-state index in [2.05, 4.69) is 36.5 Å². The van der Waals surface area contributed by atoms with Gasteiger partial charge in [-0.3, -0.25) is 9.52 Å². The zero-order chi connectivity index (χ0) is 24.4. The molecule has 0 radical (unpaired) electrons. The molecule has 1 N–H and O–H groups in total. The average Bonchev–Trinajstić information content (AvgIpc) is 3.26. The van der Waals surface area contributed by atoms with Gasteiger partial charge in [0, 0.05) is 36.5 Å². The van der Waals surface area contributed by atoms with Gasteiger partial charge in [-0.1, -0.05) is 39.8 Å². The van der Waals surface area contributed by atoms with E-state index in [1.54, 1.807) is 13.0 Å². The first-order valence-electron chi connectivity index (χ1n) is 11.4. The Bertz CT molecular complexity index is 1120. The van der Waals surface area contributed by atoms with E-state index in [1.807, 2.05) is 6.07 Å². The highest BCUT2D eigenvalue weighted by Gasteiger charge is 2.23. The Morgan fingerprint density at radius 3 is 2.42 bits per heavy atom. The van der Waals surface area contributed by atoms with Crippen LogP contribution in [0.2, 0.25) is 0 Å². The van der Waals surface area contributed by atoms with Crippen LogP contribution in [0.15, 0.2) is 30.3 Å². The van der Waals surface area contributed by atoms with Gasteiger partial charge < -0.3 is 4.90 Å². The molecule has 1 aromatic carbocycles. The number of nitrogens with zero attached hydrogens (tertiary/aromatic N) is 2. The van der Waals surface area contributed by atoms with Gasteiger partial charge in [-0.15, -0.1) is 0 Å². The van der Waals surface area contributed by atoms with Crippen molar-refractivity contribution in [3.8, 4) is 0 Å². The molecule has 6 nitrogen and oxygen atoms in total. The Labute approximate surface area is 196 Å². The number of benzene rings is 1. The smallest absolute Gasteiger partial charge is 0.229 e. The van der Waals surface area contributed by atoms with Crippen LogP contribution >= 0.6 is 0 Å². The van der Waals surface area contributed by atoms with Crippen molar-refractivity contribution in [1.29, 1.82) is 0 Å². The molecule has 2 aromatic rings. The summed E-state index contributed by atoms with van der Waals surface area (Å²) in [6.45, 7) is 10.1. The summed E-state index contributed by atoms with van der Waals surface area (Å²) in [5.41, 5.74) is 2.44. The molecule has 0 spiro atoms. The first kappa shape index (κ1) is 25.1. The molecule has 33 heavy (non-hydrogen) atoms. The van der Waals surface area contributed by atoms with Crippen LogP contribution in [0.3, 0.4) is 0 Å².